The fourth-order valence-electron chi connectivity index (χ4n) is 2.96. The molecule has 24 heavy (non-hydrogen) atoms. The molecule has 0 bridgehead atoms. The van der Waals surface area contributed by atoms with Gasteiger partial charge in [0, 0.05) is 28.9 Å². The van der Waals surface area contributed by atoms with E-state index in [0.29, 0.717) is 38.5 Å². The topological polar surface area (TPSA) is 79.7 Å². The van der Waals surface area contributed by atoms with E-state index >= 15 is 0 Å². The lowest BCUT2D eigenvalue weighted by molar-refractivity contribution is 0.0752. The van der Waals surface area contributed by atoms with Crippen molar-refractivity contribution in [1.29, 1.82) is 0 Å². The number of nitrogen functional groups attached to an aromatic ring is 2. The Hall–Kier alpha value is -2.40. The van der Waals surface area contributed by atoms with Gasteiger partial charge >= 0.3 is 0 Å². The summed E-state index contributed by atoms with van der Waals surface area (Å²) in [6.45, 7) is 4.17. The molecule has 0 saturated carbocycles. The van der Waals surface area contributed by atoms with E-state index in [1.54, 1.807) is 0 Å². The Morgan fingerprint density at radius 1 is 0.875 bits per heavy atom. The first-order valence-corrected chi connectivity index (χ1v) is 8.30. The molecule has 128 valence electrons. The maximum absolute atomic E-state index is 6.09. The van der Waals surface area contributed by atoms with E-state index in [1.165, 1.54) is 0 Å². The van der Waals surface area contributed by atoms with Crippen LogP contribution in [0.1, 0.15) is 23.6 Å². The van der Waals surface area contributed by atoms with Crippen LogP contribution < -0.4 is 20.9 Å². The van der Waals surface area contributed by atoms with Crippen LogP contribution in [0.4, 0.5) is 11.4 Å². The molecule has 0 radical (unpaired) electrons. The van der Waals surface area contributed by atoms with Gasteiger partial charge in [0.25, 0.3) is 0 Å². The summed E-state index contributed by atoms with van der Waals surface area (Å²) < 4.78 is 17.5. The number of aryl methyl sites for hydroxylation is 1. The number of nitrogens with two attached hydrogens (primary N) is 2. The quantitative estimate of drug-likeness (QED) is 0.787. The van der Waals surface area contributed by atoms with Gasteiger partial charge in [-0.25, -0.2) is 0 Å². The van der Waals surface area contributed by atoms with Crippen molar-refractivity contribution in [2.45, 2.75) is 19.8 Å². The first-order valence-electron chi connectivity index (χ1n) is 8.30. The van der Waals surface area contributed by atoms with Gasteiger partial charge in [-0.05, 0) is 42.3 Å². The Kier molecular flexibility index (Phi) is 5.11. The largest absolute Gasteiger partial charge is 0.491 e. The molecule has 0 aromatic heterocycles. The maximum Gasteiger partial charge on any atom is 0.126 e. The maximum atomic E-state index is 6.09. The van der Waals surface area contributed by atoms with Gasteiger partial charge in [0.05, 0.1) is 13.2 Å². The summed E-state index contributed by atoms with van der Waals surface area (Å²) >= 11 is 0. The second kappa shape index (κ2) is 7.45. The first-order chi connectivity index (χ1) is 11.7. The van der Waals surface area contributed by atoms with Crippen LogP contribution in [0.2, 0.25) is 0 Å². The van der Waals surface area contributed by atoms with Crippen molar-refractivity contribution in [3.8, 4) is 11.5 Å². The van der Waals surface area contributed by atoms with Crippen molar-refractivity contribution in [2.24, 2.45) is 0 Å². The van der Waals surface area contributed by atoms with Crippen LogP contribution in [-0.2, 0) is 17.6 Å². The summed E-state index contributed by atoms with van der Waals surface area (Å²) in [5.41, 5.74) is 16.7. The molecule has 3 rings (SSSR count). The second-order valence-electron chi connectivity index (χ2n) is 5.88. The van der Waals surface area contributed by atoms with Crippen LogP contribution >= 0.6 is 0 Å². The number of benzene rings is 2. The highest BCUT2D eigenvalue weighted by Crippen LogP contribution is 2.33. The van der Waals surface area contributed by atoms with E-state index in [-0.39, 0.29) is 0 Å². The number of rotatable bonds is 1. The molecule has 1 aliphatic heterocycles. The van der Waals surface area contributed by atoms with Crippen molar-refractivity contribution < 1.29 is 14.2 Å². The Bertz CT molecular complexity index is 716. The summed E-state index contributed by atoms with van der Waals surface area (Å²) in [5.74, 6) is 1.71. The minimum atomic E-state index is 0.501. The van der Waals surface area contributed by atoms with Crippen LogP contribution in [-0.4, -0.2) is 26.4 Å². The van der Waals surface area contributed by atoms with Crippen LogP contribution in [0.25, 0.3) is 0 Å². The van der Waals surface area contributed by atoms with Crippen molar-refractivity contribution >= 4 is 11.4 Å². The van der Waals surface area contributed by atoms with E-state index in [4.69, 9.17) is 25.7 Å². The number of hydrogen-bond acceptors (Lipinski definition) is 5. The smallest absolute Gasteiger partial charge is 0.126 e. The van der Waals surface area contributed by atoms with Crippen LogP contribution in [0, 0.1) is 0 Å². The molecule has 4 N–H and O–H groups in total. The molecule has 5 heteroatoms. The van der Waals surface area contributed by atoms with E-state index in [9.17, 15) is 0 Å². The van der Waals surface area contributed by atoms with Gasteiger partial charge in [-0.2, -0.15) is 0 Å². The lowest BCUT2D eigenvalue weighted by Gasteiger charge is -2.19. The predicted molar refractivity (Wildman–Crippen MR) is 95.7 cm³/mol. The van der Waals surface area contributed by atoms with E-state index in [2.05, 4.69) is 6.92 Å². The zero-order valence-electron chi connectivity index (χ0n) is 14.0. The molecule has 2 aromatic carbocycles. The molecule has 0 unspecified atom stereocenters. The highest BCUT2D eigenvalue weighted by atomic mass is 16.5. The minimum absolute atomic E-state index is 0.501. The minimum Gasteiger partial charge on any atom is -0.491 e. The van der Waals surface area contributed by atoms with Gasteiger partial charge in [-0.3, -0.25) is 0 Å². The third-order valence-electron chi connectivity index (χ3n) is 4.07. The third-order valence-corrected chi connectivity index (χ3v) is 4.07. The zero-order chi connectivity index (χ0) is 16.9. The highest BCUT2D eigenvalue weighted by molar-refractivity contribution is 5.57. The molecule has 1 heterocycles. The molecular weight excluding hydrogens is 304 g/mol. The second-order valence-corrected chi connectivity index (χ2v) is 5.88. The Labute approximate surface area is 142 Å². The fourth-order valence-corrected chi connectivity index (χ4v) is 2.96. The number of hydrogen-bond donors (Lipinski definition) is 2. The van der Waals surface area contributed by atoms with Gasteiger partial charge in [-0.1, -0.05) is 6.92 Å². The predicted octanol–water partition coefficient (Wildman–Crippen LogP) is 2.79. The van der Waals surface area contributed by atoms with E-state index < -0.39 is 0 Å². The molecule has 0 saturated heterocycles. The van der Waals surface area contributed by atoms with Gasteiger partial charge < -0.3 is 25.7 Å². The van der Waals surface area contributed by atoms with E-state index in [1.807, 2.05) is 30.3 Å². The molecule has 0 aliphatic carbocycles. The average Bonchev–Trinajstić information content (AvgIpc) is 2.55. The molecule has 2 aromatic rings. The van der Waals surface area contributed by atoms with Gasteiger partial charge in [0.1, 0.15) is 24.7 Å². The highest BCUT2D eigenvalue weighted by Gasteiger charge is 2.15. The normalized spacial score (nSPS) is 15.0. The third kappa shape index (κ3) is 3.74. The molecule has 0 atom stereocenters. The summed E-state index contributed by atoms with van der Waals surface area (Å²) in [4.78, 5) is 0. The monoisotopic (exact) mass is 328 g/mol. The Balaban J connectivity index is 2.06. The van der Waals surface area contributed by atoms with Gasteiger partial charge in [0.15, 0.2) is 0 Å². The standard InChI is InChI=1S/C19H24N2O3/c1-2-13-10-17(21)12-15-9-14-11-16(20)3-4-18(14)23-7-5-22-6-8-24-19(13)15/h3-4,10-12H,2,5-9,20-21H2,1H3. The van der Waals surface area contributed by atoms with Crippen molar-refractivity contribution in [1.82, 2.24) is 0 Å². The molecule has 0 amide bonds. The lowest BCUT2D eigenvalue weighted by atomic mass is 9.98. The molecule has 5 nitrogen and oxygen atoms in total. The summed E-state index contributed by atoms with van der Waals surface area (Å²) in [6.07, 6.45) is 1.52. The fraction of sp³-hybridized carbons (Fsp3) is 0.368. The zero-order valence-corrected chi connectivity index (χ0v) is 14.0. The summed E-state index contributed by atoms with van der Waals surface area (Å²) in [7, 11) is 0. The van der Waals surface area contributed by atoms with Gasteiger partial charge in [-0.15, -0.1) is 0 Å². The Morgan fingerprint density at radius 3 is 2.42 bits per heavy atom. The average molecular weight is 328 g/mol. The van der Waals surface area contributed by atoms with Crippen molar-refractivity contribution in [2.75, 3.05) is 37.9 Å². The van der Waals surface area contributed by atoms with Crippen LogP contribution in [0.3, 0.4) is 0 Å². The molecule has 1 aliphatic rings. The van der Waals surface area contributed by atoms with Crippen LogP contribution in [0.5, 0.6) is 11.5 Å². The first kappa shape index (κ1) is 16.5. The van der Waals surface area contributed by atoms with Crippen LogP contribution in [0.15, 0.2) is 30.3 Å². The van der Waals surface area contributed by atoms with Crippen molar-refractivity contribution in [3.05, 3.63) is 47.0 Å². The lowest BCUT2D eigenvalue weighted by Crippen LogP contribution is -2.15. The van der Waals surface area contributed by atoms with Gasteiger partial charge in [0.2, 0.25) is 0 Å². The van der Waals surface area contributed by atoms with Crippen molar-refractivity contribution in [3.63, 3.8) is 0 Å². The molecule has 0 fully saturated rings. The number of anilines is 2. The summed E-state index contributed by atoms with van der Waals surface area (Å²) in [5, 5.41) is 0. The number of fused-ring (bicyclic) bond motifs is 2. The summed E-state index contributed by atoms with van der Waals surface area (Å²) in [6, 6.07) is 9.64. The molecule has 0 spiro atoms. The SMILES string of the molecule is CCc1cc(N)cc2c1OCCOCCOc1ccc(N)cc1C2. The number of ether oxygens (including phenoxy) is 3. The van der Waals surface area contributed by atoms with E-state index in [0.717, 1.165) is 40.3 Å². The Morgan fingerprint density at radius 2 is 1.62 bits per heavy atom. The molecular formula is C19H24N2O3.